The minimum Gasteiger partial charge on any atom is -0.495 e. The Hall–Kier alpha value is -2.60. The third-order valence-electron chi connectivity index (χ3n) is 3.29. The Balaban J connectivity index is 2.07. The van der Waals surface area contributed by atoms with E-state index in [1.54, 1.807) is 30.5 Å². The number of ether oxygens (including phenoxy) is 2. The van der Waals surface area contributed by atoms with Crippen LogP contribution in [0.3, 0.4) is 0 Å². The molecule has 24 heavy (non-hydrogen) atoms. The van der Waals surface area contributed by atoms with E-state index in [2.05, 4.69) is 10.3 Å². The molecule has 7 heteroatoms. The van der Waals surface area contributed by atoms with Gasteiger partial charge in [-0.3, -0.25) is 9.78 Å². The number of nitrogens with zero attached hydrogens (tertiary/aromatic N) is 1. The first-order chi connectivity index (χ1) is 11.4. The first-order valence-electron chi connectivity index (χ1n) is 7.18. The molecule has 0 radical (unpaired) electrons. The Morgan fingerprint density at radius 1 is 1.33 bits per heavy atom. The van der Waals surface area contributed by atoms with Crippen LogP contribution in [0.15, 0.2) is 36.7 Å². The number of halogens is 1. The van der Waals surface area contributed by atoms with Crippen LogP contribution in [0, 0.1) is 6.92 Å². The number of methoxy groups -OCH3 is 1. The van der Waals surface area contributed by atoms with Crippen LogP contribution in [0.5, 0.6) is 5.75 Å². The van der Waals surface area contributed by atoms with Gasteiger partial charge in [-0.05, 0) is 37.6 Å². The summed E-state index contributed by atoms with van der Waals surface area (Å²) in [4.78, 5) is 28.0. The van der Waals surface area contributed by atoms with Crippen LogP contribution in [0.2, 0.25) is 5.02 Å². The molecule has 1 heterocycles. The van der Waals surface area contributed by atoms with Gasteiger partial charge in [0.05, 0.1) is 18.4 Å². The number of carbonyl (C=O) groups is 2. The highest BCUT2D eigenvalue weighted by atomic mass is 35.5. The molecule has 1 N–H and O–H groups in total. The number of aromatic nitrogens is 1. The molecule has 1 amide bonds. The fourth-order valence-corrected chi connectivity index (χ4v) is 2.08. The van der Waals surface area contributed by atoms with Gasteiger partial charge in [0.25, 0.3) is 5.91 Å². The molecular formula is C17H17ClN2O4. The van der Waals surface area contributed by atoms with Crippen LogP contribution in [0.4, 0.5) is 5.69 Å². The fourth-order valence-electron chi connectivity index (χ4n) is 1.93. The van der Waals surface area contributed by atoms with Crippen LogP contribution in [0.25, 0.3) is 0 Å². The summed E-state index contributed by atoms with van der Waals surface area (Å²) >= 11 is 6.03. The van der Waals surface area contributed by atoms with Crippen molar-refractivity contribution >= 4 is 29.2 Å². The van der Waals surface area contributed by atoms with Crippen molar-refractivity contribution in [1.29, 1.82) is 0 Å². The maximum absolute atomic E-state index is 12.3. The number of anilines is 1. The molecule has 0 aliphatic heterocycles. The summed E-state index contributed by atoms with van der Waals surface area (Å²) in [6.45, 7) is 3.29. The van der Waals surface area contributed by atoms with Gasteiger partial charge in [0.1, 0.15) is 5.75 Å². The zero-order chi connectivity index (χ0) is 17.7. The highest BCUT2D eigenvalue weighted by Crippen LogP contribution is 2.31. The standard InChI is InChI=1S/C17H17ClN2O4/c1-10-7-14(15(23-3)8-13(10)18)20-16(21)11(2)24-17(22)12-5-4-6-19-9-12/h4-9,11H,1-3H3,(H,20,21). The van der Waals surface area contributed by atoms with Gasteiger partial charge in [0.2, 0.25) is 0 Å². The second kappa shape index (κ2) is 7.79. The van der Waals surface area contributed by atoms with E-state index in [9.17, 15) is 9.59 Å². The minimum absolute atomic E-state index is 0.275. The van der Waals surface area contributed by atoms with Crippen molar-refractivity contribution in [3.63, 3.8) is 0 Å². The number of benzene rings is 1. The molecule has 2 aromatic rings. The molecule has 0 bridgehead atoms. The van der Waals surface area contributed by atoms with E-state index in [0.29, 0.717) is 16.5 Å². The van der Waals surface area contributed by atoms with Gasteiger partial charge in [-0.1, -0.05) is 11.6 Å². The summed E-state index contributed by atoms with van der Waals surface area (Å²) in [6, 6.07) is 6.47. The van der Waals surface area contributed by atoms with Gasteiger partial charge in [-0.25, -0.2) is 4.79 Å². The monoisotopic (exact) mass is 348 g/mol. The number of pyridine rings is 1. The maximum Gasteiger partial charge on any atom is 0.340 e. The molecule has 1 atom stereocenters. The van der Waals surface area contributed by atoms with Gasteiger partial charge in [0.15, 0.2) is 6.10 Å². The Labute approximate surface area is 144 Å². The Morgan fingerprint density at radius 3 is 2.71 bits per heavy atom. The van der Waals surface area contributed by atoms with Crippen molar-refractivity contribution in [1.82, 2.24) is 4.98 Å². The predicted octanol–water partition coefficient (Wildman–Crippen LogP) is 3.24. The molecule has 0 aliphatic rings. The lowest BCUT2D eigenvalue weighted by molar-refractivity contribution is -0.123. The number of carbonyl (C=O) groups excluding carboxylic acids is 2. The van der Waals surface area contributed by atoms with E-state index in [4.69, 9.17) is 21.1 Å². The first kappa shape index (κ1) is 17.7. The third-order valence-corrected chi connectivity index (χ3v) is 3.70. The summed E-state index contributed by atoms with van der Waals surface area (Å²) in [6.07, 6.45) is 1.93. The highest BCUT2D eigenvalue weighted by Gasteiger charge is 2.20. The normalized spacial score (nSPS) is 11.5. The van der Waals surface area contributed by atoms with Crippen LogP contribution in [0.1, 0.15) is 22.8 Å². The second-order valence-electron chi connectivity index (χ2n) is 5.08. The average Bonchev–Trinajstić information content (AvgIpc) is 2.58. The molecule has 1 aromatic heterocycles. The smallest absolute Gasteiger partial charge is 0.340 e. The van der Waals surface area contributed by atoms with E-state index >= 15 is 0 Å². The van der Waals surface area contributed by atoms with E-state index in [0.717, 1.165) is 5.56 Å². The summed E-state index contributed by atoms with van der Waals surface area (Å²) in [5.41, 5.74) is 1.51. The van der Waals surface area contributed by atoms with Gasteiger partial charge in [-0.15, -0.1) is 0 Å². The van der Waals surface area contributed by atoms with Crippen LogP contribution in [-0.2, 0) is 9.53 Å². The fraction of sp³-hybridized carbons (Fsp3) is 0.235. The van der Waals surface area contributed by atoms with Crippen molar-refractivity contribution < 1.29 is 19.1 Å². The molecule has 1 unspecified atom stereocenters. The minimum atomic E-state index is -0.988. The molecule has 6 nitrogen and oxygen atoms in total. The molecule has 0 spiro atoms. The average molecular weight is 349 g/mol. The number of hydrogen-bond donors (Lipinski definition) is 1. The zero-order valence-corrected chi connectivity index (χ0v) is 14.3. The van der Waals surface area contributed by atoms with Gasteiger partial charge in [0, 0.05) is 23.5 Å². The van der Waals surface area contributed by atoms with Crippen molar-refractivity contribution in [2.45, 2.75) is 20.0 Å². The Kier molecular flexibility index (Phi) is 5.76. The van der Waals surface area contributed by atoms with E-state index < -0.39 is 18.0 Å². The molecular weight excluding hydrogens is 332 g/mol. The molecule has 0 aliphatic carbocycles. The summed E-state index contributed by atoms with van der Waals surface area (Å²) < 4.78 is 10.3. The largest absolute Gasteiger partial charge is 0.495 e. The summed E-state index contributed by atoms with van der Waals surface area (Å²) in [5, 5.41) is 3.20. The Morgan fingerprint density at radius 2 is 2.08 bits per heavy atom. The summed E-state index contributed by atoms with van der Waals surface area (Å²) in [7, 11) is 1.47. The molecule has 2 rings (SSSR count). The summed E-state index contributed by atoms with van der Waals surface area (Å²) in [5.74, 6) is -0.679. The number of amides is 1. The van der Waals surface area contributed by atoms with Crippen LogP contribution < -0.4 is 10.1 Å². The van der Waals surface area contributed by atoms with E-state index in [1.807, 2.05) is 6.92 Å². The number of aryl methyl sites for hydroxylation is 1. The van der Waals surface area contributed by atoms with Crippen LogP contribution >= 0.6 is 11.6 Å². The number of nitrogens with one attached hydrogen (secondary N) is 1. The Bertz CT molecular complexity index is 750. The lowest BCUT2D eigenvalue weighted by Crippen LogP contribution is -2.30. The molecule has 126 valence electrons. The lowest BCUT2D eigenvalue weighted by Gasteiger charge is -2.16. The van der Waals surface area contributed by atoms with Gasteiger partial charge < -0.3 is 14.8 Å². The predicted molar refractivity (Wildman–Crippen MR) is 90.5 cm³/mol. The number of hydrogen-bond acceptors (Lipinski definition) is 5. The quantitative estimate of drug-likeness (QED) is 0.839. The van der Waals surface area contributed by atoms with Crippen molar-refractivity contribution in [2.24, 2.45) is 0 Å². The number of rotatable bonds is 5. The third kappa shape index (κ3) is 4.23. The topological polar surface area (TPSA) is 77.5 Å². The lowest BCUT2D eigenvalue weighted by atomic mass is 10.2. The SMILES string of the molecule is COc1cc(Cl)c(C)cc1NC(=O)C(C)OC(=O)c1cccnc1. The number of esters is 1. The molecule has 1 aromatic carbocycles. The van der Waals surface area contributed by atoms with Gasteiger partial charge >= 0.3 is 5.97 Å². The van der Waals surface area contributed by atoms with Crippen LogP contribution in [-0.4, -0.2) is 30.1 Å². The van der Waals surface area contributed by atoms with Gasteiger partial charge in [-0.2, -0.15) is 0 Å². The van der Waals surface area contributed by atoms with E-state index in [1.165, 1.54) is 20.2 Å². The zero-order valence-electron chi connectivity index (χ0n) is 13.5. The highest BCUT2D eigenvalue weighted by molar-refractivity contribution is 6.31. The molecule has 0 saturated carbocycles. The van der Waals surface area contributed by atoms with Crippen molar-refractivity contribution in [3.8, 4) is 5.75 Å². The second-order valence-corrected chi connectivity index (χ2v) is 5.49. The van der Waals surface area contributed by atoms with Crippen molar-refractivity contribution in [3.05, 3.63) is 52.8 Å². The van der Waals surface area contributed by atoms with E-state index in [-0.39, 0.29) is 5.56 Å². The first-order valence-corrected chi connectivity index (χ1v) is 7.56. The van der Waals surface area contributed by atoms with Crippen molar-refractivity contribution in [2.75, 3.05) is 12.4 Å². The molecule has 0 saturated heterocycles. The maximum atomic E-state index is 12.3. The molecule has 0 fully saturated rings.